The highest BCUT2D eigenvalue weighted by Crippen LogP contribution is 2.46. The highest BCUT2D eigenvalue weighted by atomic mass is 19.3. The van der Waals surface area contributed by atoms with Gasteiger partial charge in [0.25, 0.3) is 6.43 Å². The molecule has 1 aliphatic heterocycles. The van der Waals surface area contributed by atoms with Gasteiger partial charge in [0.05, 0.1) is 6.04 Å². The van der Waals surface area contributed by atoms with Crippen molar-refractivity contribution in [1.82, 2.24) is 5.32 Å². The van der Waals surface area contributed by atoms with E-state index in [1.165, 1.54) is 6.42 Å². The average molecular weight is 189 g/mol. The summed E-state index contributed by atoms with van der Waals surface area (Å²) in [4.78, 5) is 0. The molecular weight excluding hydrogens is 172 g/mol. The standard InChI is InChI=1S/C10H17F2N/c11-9(12)8-10(6-7-13-8)4-2-1-3-5-10/h8-9,13H,1-7H2. The van der Waals surface area contributed by atoms with E-state index < -0.39 is 12.5 Å². The van der Waals surface area contributed by atoms with Crippen molar-refractivity contribution in [2.24, 2.45) is 5.41 Å². The number of hydrogen-bond acceptors (Lipinski definition) is 1. The molecule has 1 spiro atoms. The van der Waals surface area contributed by atoms with E-state index in [0.29, 0.717) is 0 Å². The maximum absolute atomic E-state index is 12.7. The molecule has 2 rings (SSSR count). The first-order valence-electron chi connectivity index (χ1n) is 5.26. The van der Waals surface area contributed by atoms with Crippen molar-refractivity contribution in [3.8, 4) is 0 Å². The predicted molar refractivity (Wildman–Crippen MR) is 47.9 cm³/mol. The molecule has 0 radical (unpaired) electrons. The molecule has 1 unspecified atom stereocenters. The highest BCUT2D eigenvalue weighted by molar-refractivity contribution is 4.99. The van der Waals surface area contributed by atoms with Gasteiger partial charge in [0.1, 0.15) is 0 Å². The second-order valence-corrected chi connectivity index (χ2v) is 4.44. The number of rotatable bonds is 1. The zero-order valence-electron chi connectivity index (χ0n) is 7.86. The lowest BCUT2D eigenvalue weighted by Gasteiger charge is -2.38. The van der Waals surface area contributed by atoms with Crippen LogP contribution in [0.1, 0.15) is 38.5 Å². The van der Waals surface area contributed by atoms with E-state index in [9.17, 15) is 8.78 Å². The zero-order chi connectivity index (χ0) is 9.31. The van der Waals surface area contributed by atoms with Gasteiger partial charge in [0.15, 0.2) is 0 Å². The van der Waals surface area contributed by atoms with Gasteiger partial charge in [0.2, 0.25) is 0 Å². The summed E-state index contributed by atoms with van der Waals surface area (Å²) >= 11 is 0. The quantitative estimate of drug-likeness (QED) is 0.668. The highest BCUT2D eigenvalue weighted by Gasteiger charge is 2.47. The van der Waals surface area contributed by atoms with Crippen LogP contribution < -0.4 is 5.32 Å². The molecule has 76 valence electrons. The topological polar surface area (TPSA) is 12.0 Å². The molecule has 1 heterocycles. The molecule has 0 aromatic rings. The SMILES string of the molecule is FC(F)C1NCCC12CCCCC2. The van der Waals surface area contributed by atoms with E-state index in [4.69, 9.17) is 0 Å². The lowest BCUT2D eigenvalue weighted by atomic mass is 9.69. The van der Waals surface area contributed by atoms with Crippen molar-refractivity contribution in [1.29, 1.82) is 0 Å². The van der Waals surface area contributed by atoms with Crippen LogP contribution in [0.5, 0.6) is 0 Å². The first-order chi connectivity index (χ1) is 6.25. The summed E-state index contributed by atoms with van der Waals surface area (Å²) in [6, 6.07) is -0.521. The lowest BCUT2D eigenvalue weighted by Crippen LogP contribution is -2.43. The summed E-state index contributed by atoms with van der Waals surface area (Å²) in [7, 11) is 0. The second kappa shape index (κ2) is 3.52. The first kappa shape index (κ1) is 9.38. The average Bonchev–Trinajstić information content (AvgIpc) is 2.50. The van der Waals surface area contributed by atoms with Gasteiger partial charge in [0, 0.05) is 0 Å². The molecule has 0 aromatic heterocycles. The summed E-state index contributed by atoms with van der Waals surface area (Å²) < 4.78 is 25.4. The van der Waals surface area contributed by atoms with E-state index >= 15 is 0 Å². The van der Waals surface area contributed by atoms with Crippen molar-refractivity contribution in [3.05, 3.63) is 0 Å². The molecular formula is C10H17F2N. The number of alkyl halides is 2. The van der Waals surface area contributed by atoms with E-state index in [0.717, 1.165) is 38.6 Å². The van der Waals surface area contributed by atoms with Gasteiger partial charge in [-0.05, 0) is 31.2 Å². The van der Waals surface area contributed by atoms with Gasteiger partial charge in [-0.15, -0.1) is 0 Å². The summed E-state index contributed by atoms with van der Waals surface area (Å²) in [6.07, 6.45) is 4.32. The minimum Gasteiger partial charge on any atom is -0.308 e. The molecule has 3 heteroatoms. The third-order valence-electron chi connectivity index (χ3n) is 3.75. The third kappa shape index (κ3) is 1.58. The molecule has 1 aliphatic carbocycles. The number of nitrogens with one attached hydrogen (secondary N) is 1. The first-order valence-corrected chi connectivity index (χ1v) is 5.26. The molecule has 1 nitrogen and oxygen atoms in total. The fraction of sp³-hybridized carbons (Fsp3) is 1.00. The van der Waals surface area contributed by atoms with Crippen LogP contribution in [0.4, 0.5) is 8.78 Å². The van der Waals surface area contributed by atoms with Crippen LogP contribution in [0.25, 0.3) is 0 Å². The molecule has 13 heavy (non-hydrogen) atoms. The molecule has 0 amide bonds. The summed E-state index contributed by atoms with van der Waals surface area (Å²) in [5.41, 5.74) is -0.0492. The summed E-state index contributed by atoms with van der Waals surface area (Å²) in [6.45, 7) is 0.787. The minimum atomic E-state index is -2.18. The monoisotopic (exact) mass is 189 g/mol. The lowest BCUT2D eigenvalue weighted by molar-refractivity contribution is 0.0282. The van der Waals surface area contributed by atoms with Gasteiger partial charge < -0.3 is 5.32 Å². The number of halogens is 2. The van der Waals surface area contributed by atoms with Crippen molar-refractivity contribution >= 4 is 0 Å². The van der Waals surface area contributed by atoms with Crippen LogP contribution in [0.15, 0.2) is 0 Å². The Balaban J connectivity index is 2.09. The van der Waals surface area contributed by atoms with E-state index in [-0.39, 0.29) is 5.41 Å². The van der Waals surface area contributed by atoms with Crippen molar-refractivity contribution in [3.63, 3.8) is 0 Å². The van der Waals surface area contributed by atoms with Crippen molar-refractivity contribution in [2.45, 2.75) is 51.0 Å². The second-order valence-electron chi connectivity index (χ2n) is 4.44. The molecule has 0 aromatic carbocycles. The van der Waals surface area contributed by atoms with E-state index in [2.05, 4.69) is 5.32 Å². The normalized spacial score (nSPS) is 33.0. The minimum absolute atomic E-state index is 0.0492. The van der Waals surface area contributed by atoms with Crippen molar-refractivity contribution in [2.75, 3.05) is 6.54 Å². The Morgan fingerprint density at radius 3 is 2.38 bits per heavy atom. The summed E-state index contributed by atoms with van der Waals surface area (Å²) in [5.74, 6) is 0. The predicted octanol–water partition coefficient (Wildman–Crippen LogP) is 2.56. The molecule has 1 atom stereocenters. The Hall–Kier alpha value is -0.180. The Labute approximate surface area is 77.9 Å². The summed E-state index contributed by atoms with van der Waals surface area (Å²) in [5, 5.41) is 2.97. The van der Waals surface area contributed by atoms with Crippen LogP contribution >= 0.6 is 0 Å². The van der Waals surface area contributed by atoms with Crippen LogP contribution in [-0.4, -0.2) is 19.0 Å². The van der Waals surface area contributed by atoms with Crippen LogP contribution in [0, 0.1) is 5.41 Å². The maximum Gasteiger partial charge on any atom is 0.254 e. The zero-order valence-corrected chi connectivity index (χ0v) is 7.86. The van der Waals surface area contributed by atoms with Gasteiger partial charge in [-0.1, -0.05) is 19.3 Å². The largest absolute Gasteiger partial charge is 0.308 e. The third-order valence-corrected chi connectivity index (χ3v) is 3.75. The molecule has 1 saturated carbocycles. The molecule has 0 bridgehead atoms. The van der Waals surface area contributed by atoms with Crippen LogP contribution in [-0.2, 0) is 0 Å². The molecule has 1 saturated heterocycles. The van der Waals surface area contributed by atoms with E-state index in [1.54, 1.807) is 0 Å². The van der Waals surface area contributed by atoms with Gasteiger partial charge >= 0.3 is 0 Å². The fourth-order valence-corrected chi connectivity index (χ4v) is 3.02. The smallest absolute Gasteiger partial charge is 0.254 e. The Kier molecular flexibility index (Phi) is 2.54. The van der Waals surface area contributed by atoms with Crippen molar-refractivity contribution < 1.29 is 8.78 Å². The Bertz CT molecular complexity index is 176. The van der Waals surface area contributed by atoms with Gasteiger partial charge in [-0.3, -0.25) is 0 Å². The van der Waals surface area contributed by atoms with Gasteiger partial charge in [-0.25, -0.2) is 8.78 Å². The van der Waals surface area contributed by atoms with Crippen LogP contribution in [0.2, 0.25) is 0 Å². The molecule has 2 aliphatic rings. The Morgan fingerprint density at radius 2 is 1.77 bits per heavy atom. The fourth-order valence-electron chi connectivity index (χ4n) is 3.02. The van der Waals surface area contributed by atoms with Crippen LogP contribution in [0.3, 0.4) is 0 Å². The molecule has 1 N–H and O–H groups in total. The number of hydrogen-bond donors (Lipinski definition) is 1. The maximum atomic E-state index is 12.7. The Morgan fingerprint density at radius 1 is 1.08 bits per heavy atom. The molecule has 2 fully saturated rings. The van der Waals surface area contributed by atoms with E-state index in [1.807, 2.05) is 0 Å². The van der Waals surface area contributed by atoms with Gasteiger partial charge in [-0.2, -0.15) is 0 Å².